The van der Waals surface area contributed by atoms with E-state index in [1.165, 1.54) is 18.0 Å². The monoisotopic (exact) mass is 272 g/mol. The first-order chi connectivity index (χ1) is 9.54. The fraction of sp³-hybridized carbons (Fsp3) is 0.214. The fourth-order valence-corrected chi connectivity index (χ4v) is 1.67. The van der Waals surface area contributed by atoms with Gasteiger partial charge >= 0.3 is 5.97 Å². The number of carboxylic acids is 1. The Balaban J connectivity index is 2.04. The average molecular weight is 272 g/mol. The Morgan fingerprint density at radius 3 is 2.45 bits per heavy atom. The number of hydrogen-bond donors (Lipinski definition) is 3. The van der Waals surface area contributed by atoms with Crippen LogP contribution in [0.4, 0.5) is 11.6 Å². The largest absolute Gasteiger partial charge is 0.481 e. The normalized spacial score (nSPS) is 11.9. The maximum absolute atomic E-state index is 10.6. The maximum Gasteiger partial charge on any atom is 0.305 e. The number of hydrogen-bond acceptors (Lipinski definition) is 5. The van der Waals surface area contributed by atoms with Crippen molar-refractivity contribution in [2.45, 2.75) is 19.4 Å². The Bertz CT molecular complexity index is 581. The van der Waals surface area contributed by atoms with Crippen LogP contribution in [-0.4, -0.2) is 21.0 Å². The molecule has 0 saturated carbocycles. The summed E-state index contributed by atoms with van der Waals surface area (Å²) in [5, 5.41) is 11.7. The van der Waals surface area contributed by atoms with E-state index in [0.717, 1.165) is 5.69 Å². The first kappa shape index (κ1) is 14.0. The molecule has 0 radical (unpaired) electrons. The molecule has 0 spiro atoms. The van der Waals surface area contributed by atoms with Gasteiger partial charge in [-0.3, -0.25) is 4.79 Å². The Morgan fingerprint density at radius 1 is 1.30 bits per heavy atom. The van der Waals surface area contributed by atoms with Crippen molar-refractivity contribution < 1.29 is 9.90 Å². The SMILES string of the molecule is Cc1ccc(Nc2ncc([C@@H](N)CC(=O)O)cn2)cc1. The lowest BCUT2D eigenvalue weighted by Crippen LogP contribution is -2.15. The van der Waals surface area contributed by atoms with Gasteiger partial charge in [0.1, 0.15) is 0 Å². The van der Waals surface area contributed by atoms with Gasteiger partial charge in [0.2, 0.25) is 5.95 Å². The van der Waals surface area contributed by atoms with Gasteiger partial charge in [-0.2, -0.15) is 0 Å². The summed E-state index contributed by atoms with van der Waals surface area (Å²) in [7, 11) is 0. The predicted octanol–water partition coefficient (Wildman–Crippen LogP) is 2.00. The summed E-state index contributed by atoms with van der Waals surface area (Å²) in [6.45, 7) is 2.01. The zero-order chi connectivity index (χ0) is 14.5. The molecule has 0 amide bonds. The summed E-state index contributed by atoms with van der Waals surface area (Å²) in [6.07, 6.45) is 2.93. The standard InChI is InChI=1S/C14H16N4O2/c1-9-2-4-11(5-3-9)18-14-16-7-10(8-17-14)12(15)6-13(19)20/h2-5,7-8,12H,6,15H2,1H3,(H,19,20)(H,16,17,18)/t12-/m0/s1. The zero-order valence-corrected chi connectivity index (χ0v) is 11.1. The van der Waals surface area contributed by atoms with Crippen LogP contribution in [-0.2, 0) is 4.79 Å². The highest BCUT2D eigenvalue weighted by atomic mass is 16.4. The smallest absolute Gasteiger partial charge is 0.305 e. The van der Waals surface area contributed by atoms with E-state index < -0.39 is 12.0 Å². The predicted molar refractivity (Wildman–Crippen MR) is 75.7 cm³/mol. The van der Waals surface area contributed by atoms with E-state index in [4.69, 9.17) is 10.8 Å². The zero-order valence-electron chi connectivity index (χ0n) is 11.1. The van der Waals surface area contributed by atoms with Crippen LogP contribution in [0.15, 0.2) is 36.7 Å². The number of carboxylic acid groups (broad SMARTS) is 1. The molecule has 0 aliphatic heterocycles. The molecule has 1 aromatic heterocycles. The van der Waals surface area contributed by atoms with Gasteiger partial charge in [-0.25, -0.2) is 9.97 Å². The number of nitrogens with zero attached hydrogens (tertiary/aromatic N) is 2. The van der Waals surface area contributed by atoms with E-state index in [9.17, 15) is 4.79 Å². The molecule has 2 rings (SSSR count). The third-order valence-electron chi connectivity index (χ3n) is 2.80. The topological polar surface area (TPSA) is 101 Å². The molecule has 6 heteroatoms. The highest BCUT2D eigenvalue weighted by Gasteiger charge is 2.11. The van der Waals surface area contributed by atoms with Crippen LogP contribution < -0.4 is 11.1 Å². The van der Waals surface area contributed by atoms with E-state index in [1.807, 2.05) is 31.2 Å². The van der Waals surface area contributed by atoms with Crippen LogP contribution in [0.2, 0.25) is 0 Å². The van der Waals surface area contributed by atoms with Crippen molar-refractivity contribution in [2.24, 2.45) is 5.73 Å². The highest BCUT2D eigenvalue weighted by Crippen LogP contribution is 2.16. The van der Waals surface area contributed by atoms with Crippen molar-refractivity contribution in [3.05, 3.63) is 47.8 Å². The minimum Gasteiger partial charge on any atom is -0.481 e. The Kier molecular flexibility index (Phi) is 4.27. The number of rotatable bonds is 5. The average Bonchev–Trinajstić information content (AvgIpc) is 2.41. The van der Waals surface area contributed by atoms with Crippen molar-refractivity contribution in [2.75, 3.05) is 5.32 Å². The van der Waals surface area contributed by atoms with Crippen LogP contribution in [0.3, 0.4) is 0 Å². The number of nitrogens with two attached hydrogens (primary N) is 1. The molecule has 1 atom stereocenters. The Hall–Kier alpha value is -2.47. The van der Waals surface area contributed by atoms with E-state index in [-0.39, 0.29) is 6.42 Å². The van der Waals surface area contributed by atoms with Gasteiger partial charge in [0, 0.05) is 29.7 Å². The van der Waals surface area contributed by atoms with Crippen molar-refractivity contribution >= 4 is 17.6 Å². The molecule has 0 aliphatic carbocycles. The molecule has 6 nitrogen and oxygen atoms in total. The molecule has 0 aliphatic rings. The van der Waals surface area contributed by atoms with E-state index in [2.05, 4.69) is 15.3 Å². The molecule has 0 saturated heterocycles. The lowest BCUT2D eigenvalue weighted by atomic mass is 10.1. The van der Waals surface area contributed by atoms with Crippen LogP contribution in [0.5, 0.6) is 0 Å². The second kappa shape index (κ2) is 6.12. The summed E-state index contributed by atoms with van der Waals surface area (Å²) in [5.74, 6) is -0.500. The molecule has 1 aromatic carbocycles. The summed E-state index contributed by atoms with van der Waals surface area (Å²) in [5.41, 5.74) is 8.39. The molecular formula is C14H16N4O2. The van der Waals surface area contributed by atoms with Gasteiger partial charge in [0.25, 0.3) is 0 Å². The van der Waals surface area contributed by atoms with Crippen LogP contribution >= 0.6 is 0 Å². The highest BCUT2D eigenvalue weighted by molar-refractivity contribution is 5.67. The first-order valence-electron chi connectivity index (χ1n) is 6.17. The van der Waals surface area contributed by atoms with Gasteiger partial charge in [-0.1, -0.05) is 17.7 Å². The van der Waals surface area contributed by atoms with E-state index in [0.29, 0.717) is 11.5 Å². The summed E-state index contributed by atoms with van der Waals surface area (Å²) >= 11 is 0. The quantitative estimate of drug-likeness (QED) is 0.769. The lowest BCUT2D eigenvalue weighted by molar-refractivity contribution is -0.137. The maximum atomic E-state index is 10.6. The molecule has 2 aromatic rings. The number of nitrogens with one attached hydrogen (secondary N) is 1. The van der Waals surface area contributed by atoms with Crippen molar-refractivity contribution in [1.29, 1.82) is 0 Å². The number of aryl methyl sites for hydroxylation is 1. The molecule has 0 unspecified atom stereocenters. The van der Waals surface area contributed by atoms with Crippen LogP contribution in [0.1, 0.15) is 23.6 Å². The van der Waals surface area contributed by atoms with Gasteiger partial charge < -0.3 is 16.2 Å². The summed E-state index contributed by atoms with van der Waals surface area (Å²) in [4.78, 5) is 18.8. The lowest BCUT2D eigenvalue weighted by Gasteiger charge is -2.09. The molecule has 104 valence electrons. The number of aliphatic carboxylic acids is 1. The van der Waals surface area contributed by atoms with Gasteiger partial charge in [-0.05, 0) is 19.1 Å². The van der Waals surface area contributed by atoms with Crippen molar-refractivity contribution in [3.8, 4) is 0 Å². The van der Waals surface area contributed by atoms with E-state index >= 15 is 0 Å². The van der Waals surface area contributed by atoms with Crippen molar-refractivity contribution in [3.63, 3.8) is 0 Å². The van der Waals surface area contributed by atoms with Crippen LogP contribution in [0, 0.1) is 6.92 Å². The third kappa shape index (κ3) is 3.76. The summed E-state index contributed by atoms with van der Waals surface area (Å²) < 4.78 is 0. The molecular weight excluding hydrogens is 256 g/mol. The van der Waals surface area contributed by atoms with Crippen LogP contribution in [0.25, 0.3) is 0 Å². The Morgan fingerprint density at radius 2 is 1.90 bits per heavy atom. The number of carbonyl (C=O) groups is 1. The summed E-state index contributed by atoms with van der Waals surface area (Å²) in [6, 6.07) is 7.24. The molecule has 1 heterocycles. The second-order valence-electron chi connectivity index (χ2n) is 4.54. The fourth-order valence-electron chi connectivity index (χ4n) is 1.67. The minimum absolute atomic E-state index is 0.145. The van der Waals surface area contributed by atoms with E-state index in [1.54, 1.807) is 0 Å². The van der Waals surface area contributed by atoms with Gasteiger partial charge in [0.15, 0.2) is 0 Å². The first-order valence-corrected chi connectivity index (χ1v) is 6.17. The molecule has 20 heavy (non-hydrogen) atoms. The Labute approximate surface area is 116 Å². The third-order valence-corrected chi connectivity index (χ3v) is 2.80. The van der Waals surface area contributed by atoms with Gasteiger partial charge in [0.05, 0.1) is 6.42 Å². The molecule has 4 N–H and O–H groups in total. The molecule has 0 fully saturated rings. The number of benzene rings is 1. The second-order valence-corrected chi connectivity index (χ2v) is 4.54. The number of anilines is 2. The van der Waals surface area contributed by atoms with Crippen molar-refractivity contribution in [1.82, 2.24) is 9.97 Å². The van der Waals surface area contributed by atoms with Gasteiger partial charge in [-0.15, -0.1) is 0 Å². The minimum atomic E-state index is -0.945. The molecule has 0 bridgehead atoms. The number of aromatic nitrogens is 2.